The zero-order valence-electron chi connectivity index (χ0n) is 8.43. The van der Waals surface area contributed by atoms with Gasteiger partial charge in [0.1, 0.15) is 5.82 Å². The number of benzene rings is 1. The molecule has 0 aliphatic rings. The predicted octanol–water partition coefficient (Wildman–Crippen LogP) is 2.84. The number of nitrogens with zero attached hydrogens (tertiary/aromatic N) is 1. The Kier molecular flexibility index (Phi) is 4.73. The maximum absolute atomic E-state index is 12.8. The second-order valence-electron chi connectivity index (χ2n) is 3.40. The summed E-state index contributed by atoms with van der Waals surface area (Å²) in [6.45, 7) is 3.12. The molecule has 1 rings (SSSR count). The number of nitrogens with one attached hydrogen (secondary N) is 1. The monoisotopic (exact) mass is 270 g/mol. The number of halogens is 2. The fraction of sp³-hybridized carbons (Fsp3) is 0.364. The molecule has 0 saturated carbocycles. The summed E-state index contributed by atoms with van der Waals surface area (Å²) in [7, 11) is 0. The lowest BCUT2D eigenvalue weighted by atomic mass is 10.2. The summed E-state index contributed by atoms with van der Waals surface area (Å²) in [5.41, 5.74) is 0.988. The van der Waals surface area contributed by atoms with Crippen LogP contribution in [0.3, 0.4) is 0 Å². The third kappa shape index (κ3) is 3.98. The van der Waals surface area contributed by atoms with E-state index in [4.69, 9.17) is 5.26 Å². The first-order valence-electron chi connectivity index (χ1n) is 4.67. The molecule has 4 heteroatoms. The average Bonchev–Trinajstić information content (AvgIpc) is 2.21. The SMILES string of the molecule is CC(C#N)CNCc1ccc(F)cc1Br. The van der Waals surface area contributed by atoms with Crippen molar-refractivity contribution >= 4 is 15.9 Å². The Bertz CT molecular complexity index is 373. The van der Waals surface area contributed by atoms with Gasteiger partial charge in [-0.1, -0.05) is 22.0 Å². The van der Waals surface area contributed by atoms with Crippen molar-refractivity contribution < 1.29 is 4.39 Å². The summed E-state index contributed by atoms with van der Waals surface area (Å²) in [6, 6.07) is 6.73. The largest absolute Gasteiger partial charge is 0.311 e. The minimum atomic E-state index is -0.254. The third-order valence-electron chi connectivity index (χ3n) is 2.00. The van der Waals surface area contributed by atoms with Crippen molar-refractivity contribution in [3.05, 3.63) is 34.1 Å². The molecule has 0 aliphatic carbocycles. The van der Waals surface area contributed by atoms with Crippen LogP contribution >= 0.6 is 15.9 Å². The van der Waals surface area contributed by atoms with E-state index in [2.05, 4.69) is 27.3 Å². The molecule has 0 saturated heterocycles. The van der Waals surface area contributed by atoms with Crippen LogP contribution in [0.5, 0.6) is 0 Å². The smallest absolute Gasteiger partial charge is 0.124 e. The van der Waals surface area contributed by atoms with Crippen LogP contribution in [-0.4, -0.2) is 6.54 Å². The van der Waals surface area contributed by atoms with Gasteiger partial charge in [0.2, 0.25) is 0 Å². The van der Waals surface area contributed by atoms with Crippen molar-refractivity contribution in [3.8, 4) is 6.07 Å². The Morgan fingerprint density at radius 2 is 2.33 bits per heavy atom. The molecule has 1 N–H and O–H groups in total. The van der Waals surface area contributed by atoms with Crippen molar-refractivity contribution in [3.63, 3.8) is 0 Å². The summed E-state index contributed by atoms with van der Waals surface area (Å²) in [5, 5.41) is 11.7. The van der Waals surface area contributed by atoms with E-state index in [1.165, 1.54) is 12.1 Å². The van der Waals surface area contributed by atoms with E-state index in [0.29, 0.717) is 13.1 Å². The van der Waals surface area contributed by atoms with Gasteiger partial charge < -0.3 is 5.32 Å². The topological polar surface area (TPSA) is 35.8 Å². The summed E-state index contributed by atoms with van der Waals surface area (Å²) < 4.78 is 13.5. The molecule has 15 heavy (non-hydrogen) atoms. The lowest BCUT2D eigenvalue weighted by Gasteiger charge is -2.07. The summed E-state index contributed by atoms with van der Waals surface area (Å²) in [5.74, 6) is -0.264. The Hall–Kier alpha value is -0.920. The number of hydrogen-bond donors (Lipinski definition) is 1. The summed E-state index contributed by atoms with van der Waals surface area (Å²) in [6.07, 6.45) is 0. The van der Waals surface area contributed by atoms with Crippen molar-refractivity contribution in [1.29, 1.82) is 5.26 Å². The first kappa shape index (κ1) is 12.2. The molecule has 0 aliphatic heterocycles. The highest BCUT2D eigenvalue weighted by Crippen LogP contribution is 2.17. The normalized spacial score (nSPS) is 12.1. The van der Waals surface area contributed by atoms with Crippen LogP contribution in [0.15, 0.2) is 22.7 Å². The molecule has 2 nitrogen and oxygen atoms in total. The van der Waals surface area contributed by atoms with Crippen LogP contribution in [0, 0.1) is 23.1 Å². The van der Waals surface area contributed by atoms with Gasteiger partial charge in [-0.05, 0) is 24.6 Å². The van der Waals surface area contributed by atoms with Crippen LogP contribution in [0.25, 0.3) is 0 Å². The standard InChI is InChI=1S/C11H12BrFN2/c1-8(5-14)6-15-7-9-2-3-10(13)4-11(9)12/h2-4,8,15H,6-7H2,1H3. The highest BCUT2D eigenvalue weighted by molar-refractivity contribution is 9.10. The molecule has 0 heterocycles. The van der Waals surface area contributed by atoms with Crippen molar-refractivity contribution in [2.45, 2.75) is 13.5 Å². The van der Waals surface area contributed by atoms with Gasteiger partial charge in [-0.25, -0.2) is 4.39 Å². The zero-order chi connectivity index (χ0) is 11.3. The molecule has 0 radical (unpaired) electrons. The first-order chi connectivity index (χ1) is 7.13. The predicted molar refractivity (Wildman–Crippen MR) is 60.6 cm³/mol. The van der Waals surface area contributed by atoms with Crippen LogP contribution in [0.2, 0.25) is 0 Å². The van der Waals surface area contributed by atoms with E-state index in [1.54, 1.807) is 6.07 Å². The van der Waals surface area contributed by atoms with Gasteiger partial charge in [0.05, 0.1) is 12.0 Å². The second-order valence-corrected chi connectivity index (χ2v) is 4.25. The highest BCUT2D eigenvalue weighted by Gasteiger charge is 2.02. The van der Waals surface area contributed by atoms with Crippen molar-refractivity contribution in [2.24, 2.45) is 5.92 Å². The molecule has 1 aromatic rings. The highest BCUT2D eigenvalue weighted by atomic mass is 79.9. The molecule has 80 valence electrons. The first-order valence-corrected chi connectivity index (χ1v) is 5.47. The van der Waals surface area contributed by atoms with E-state index in [-0.39, 0.29) is 11.7 Å². The van der Waals surface area contributed by atoms with Gasteiger partial charge in [0, 0.05) is 17.6 Å². The summed E-state index contributed by atoms with van der Waals surface area (Å²) >= 11 is 3.29. The van der Waals surface area contributed by atoms with Gasteiger partial charge >= 0.3 is 0 Å². The molecular weight excluding hydrogens is 259 g/mol. The van der Waals surface area contributed by atoms with Gasteiger partial charge in [0.15, 0.2) is 0 Å². The lowest BCUT2D eigenvalue weighted by molar-refractivity contribution is 0.597. The Balaban J connectivity index is 2.48. The minimum Gasteiger partial charge on any atom is -0.311 e. The Morgan fingerprint density at radius 3 is 2.93 bits per heavy atom. The number of nitriles is 1. The van der Waals surface area contributed by atoms with Crippen molar-refractivity contribution in [1.82, 2.24) is 5.32 Å². The maximum Gasteiger partial charge on any atom is 0.124 e. The van der Waals surface area contributed by atoms with Crippen LogP contribution < -0.4 is 5.32 Å². The van der Waals surface area contributed by atoms with Crippen LogP contribution in [0.4, 0.5) is 4.39 Å². The second kappa shape index (κ2) is 5.84. The third-order valence-corrected chi connectivity index (χ3v) is 2.74. The van der Waals surface area contributed by atoms with Crippen molar-refractivity contribution in [2.75, 3.05) is 6.54 Å². The van der Waals surface area contributed by atoms with Gasteiger partial charge in [0.25, 0.3) is 0 Å². The van der Waals surface area contributed by atoms with E-state index in [0.717, 1.165) is 10.0 Å². The Morgan fingerprint density at radius 1 is 1.60 bits per heavy atom. The fourth-order valence-corrected chi connectivity index (χ4v) is 1.63. The fourth-order valence-electron chi connectivity index (χ4n) is 1.13. The average molecular weight is 271 g/mol. The number of hydrogen-bond acceptors (Lipinski definition) is 2. The molecule has 1 aromatic carbocycles. The quantitative estimate of drug-likeness (QED) is 0.914. The summed E-state index contributed by atoms with van der Waals surface area (Å²) in [4.78, 5) is 0. The van der Waals surface area contributed by atoms with E-state index < -0.39 is 0 Å². The molecule has 1 unspecified atom stereocenters. The lowest BCUT2D eigenvalue weighted by Crippen LogP contribution is -2.19. The van der Waals surface area contributed by atoms with E-state index in [1.807, 2.05) is 6.92 Å². The molecule has 0 amide bonds. The van der Waals surface area contributed by atoms with Gasteiger partial charge in [-0.15, -0.1) is 0 Å². The molecule has 0 aromatic heterocycles. The molecular formula is C11H12BrFN2. The van der Waals surface area contributed by atoms with E-state index >= 15 is 0 Å². The molecule has 0 bridgehead atoms. The molecule has 1 atom stereocenters. The Labute approximate surface area is 97.2 Å². The zero-order valence-corrected chi connectivity index (χ0v) is 10.0. The van der Waals surface area contributed by atoms with Gasteiger partial charge in [-0.2, -0.15) is 5.26 Å². The maximum atomic E-state index is 12.8. The van der Waals surface area contributed by atoms with Crippen LogP contribution in [-0.2, 0) is 6.54 Å². The van der Waals surface area contributed by atoms with Crippen LogP contribution in [0.1, 0.15) is 12.5 Å². The number of rotatable bonds is 4. The van der Waals surface area contributed by atoms with E-state index in [9.17, 15) is 4.39 Å². The van der Waals surface area contributed by atoms with Gasteiger partial charge in [-0.3, -0.25) is 0 Å². The molecule has 0 fully saturated rings. The molecule has 0 spiro atoms. The minimum absolute atomic E-state index is 0.00998.